The van der Waals surface area contributed by atoms with Crippen molar-refractivity contribution in [2.24, 2.45) is 0 Å². The van der Waals surface area contributed by atoms with Crippen LogP contribution in [0, 0.1) is 0 Å². The Balaban J connectivity index is 1.70. The van der Waals surface area contributed by atoms with E-state index in [0.717, 1.165) is 22.5 Å². The van der Waals surface area contributed by atoms with Crippen LogP contribution in [0.4, 0.5) is 5.69 Å². The molecule has 4 nitrogen and oxygen atoms in total. The van der Waals surface area contributed by atoms with Crippen molar-refractivity contribution in [3.8, 4) is 17.0 Å². The number of anilines is 1. The van der Waals surface area contributed by atoms with Crippen LogP contribution in [0.1, 0.15) is 5.56 Å². The topological polar surface area (TPSA) is 60.9 Å². The molecule has 0 saturated heterocycles. The molecule has 0 atom stereocenters. The highest BCUT2D eigenvalue weighted by molar-refractivity contribution is 9.10. The van der Waals surface area contributed by atoms with Crippen LogP contribution in [0.2, 0.25) is 0 Å². The van der Waals surface area contributed by atoms with Crippen LogP contribution in [0.3, 0.4) is 0 Å². The molecule has 1 heterocycles. The van der Waals surface area contributed by atoms with E-state index in [1.54, 1.807) is 12.5 Å². The van der Waals surface area contributed by atoms with E-state index in [0.29, 0.717) is 11.0 Å². The molecule has 0 amide bonds. The standard InChI is InChI=1S/C16H14BrN3O/c17-14-3-1-2-12(16(14)21)8-19-13-6-4-11(5-7-13)15-9-18-10-20-15/h1-7,9-10,19,21H,8H2,(H,18,20). The highest BCUT2D eigenvalue weighted by Crippen LogP contribution is 2.28. The Morgan fingerprint density at radius 3 is 2.67 bits per heavy atom. The van der Waals surface area contributed by atoms with Crippen molar-refractivity contribution >= 4 is 21.6 Å². The zero-order chi connectivity index (χ0) is 14.7. The summed E-state index contributed by atoms with van der Waals surface area (Å²) in [7, 11) is 0. The van der Waals surface area contributed by atoms with Crippen LogP contribution in [-0.2, 0) is 6.54 Å². The lowest BCUT2D eigenvalue weighted by molar-refractivity contribution is 0.465. The molecule has 5 heteroatoms. The Labute approximate surface area is 131 Å². The lowest BCUT2D eigenvalue weighted by atomic mass is 10.1. The highest BCUT2D eigenvalue weighted by atomic mass is 79.9. The van der Waals surface area contributed by atoms with Crippen LogP contribution in [0.5, 0.6) is 5.75 Å². The van der Waals surface area contributed by atoms with E-state index < -0.39 is 0 Å². The van der Waals surface area contributed by atoms with Gasteiger partial charge < -0.3 is 15.4 Å². The second-order valence-electron chi connectivity index (χ2n) is 4.64. The van der Waals surface area contributed by atoms with E-state index >= 15 is 0 Å². The normalized spacial score (nSPS) is 10.5. The summed E-state index contributed by atoms with van der Waals surface area (Å²) in [5.74, 6) is 0.277. The van der Waals surface area contributed by atoms with Gasteiger partial charge in [-0.1, -0.05) is 24.3 Å². The molecule has 0 aliphatic carbocycles. The van der Waals surface area contributed by atoms with Crippen LogP contribution in [-0.4, -0.2) is 15.1 Å². The Morgan fingerprint density at radius 2 is 1.95 bits per heavy atom. The summed E-state index contributed by atoms with van der Waals surface area (Å²) in [6.45, 7) is 0.564. The van der Waals surface area contributed by atoms with Gasteiger partial charge in [0.05, 0.1) is 22.7 Å². The minimum Gasteiger partial charge on any atom is -0.506 e. The van der Waals surface area contributed by atoms with Crippen LogP contribution in [0.25, 0.3) is 11.3 Å². The number of imidazole rings is 1. The van der Waals surface area contributed by atoms with E-state index in [1.165, 1.54) is 0 Å². The number of phenolic OH excluding ortho intramolecular Hbond substituents is 1. The minimum atomic E-state index is 0.277. The number of para-hydroxylation sites is 1. The fraction of sp³-hybridized carbons (Fsp3) is 0.0625. The third-order valence-corrected chi connectivity index (χ3v) is 3.89. The SMILES string of the molecule is Oc1c(Br)cccc1CNc1ccc(-c2cnc[nH]2)cc1. The van der Waals surface area contributed by atoms with E-state index in [9.17, 15) is 5.11 Å². The molecule has 0 aliphatic rings. The van der Waals surface area contributed by atoms with Crippen molar-refractivity contribution in [1.82, 2.24) is 9.97 Å². The van der Waals surface area contributed by atoms with Crippen molar-refractivity contribution in [1.29, 1.82) is 0 Å². The number of halogens is 1. The number of aromatic hydroxyl groups is 1. The van der Waals surface area contributed by atoms with Crippen LogP contribution in [0.15, 0.2) is 59.5 Å². The predicted molar refractivity (Wildman–Crippen MR) is 87.2 cm³/mol. The van der Waals surface area contributed by atoms with Gasteiger partial charge in [0, 0.05) is 17.8 Å². The molecule has 0 aliphatic heterocycles. The molecule has 0 bridgehead atoms. The van der Waals surface area contributed by atoms with Gasteiger partial charge in [0.1, 0.15) is 5.75 Å². The maximum Gasteiger partial charge on any atom is 0.134 e. The van der Waals surface area contributed by atoms with E-state index in [2.05, 4.69) is 31.2 Å². The lowest BCUT2D eigenvalue weighted by Crippen LogP contribution is -1.99. The van der Waals surface area contributed by atoms with Gasteiger partial charge in [-0.25, -0.2) is 4.98 Å². The highest BCUT2D eigenvalue weighted by Gasteiger charge is 2.04. The van der Waals surface area contributed by atoms with Crippen molar-refractivity contribution in [3.63, 3.8) is 0 Å². The average Bonchev–Trinajstić information content (AvgIpc) is 3.04. The third-order valence-electron chi connectivity index (χ3n) is 3.25. The summed E-state index contributed by atoms with van der Waals surface area (Å²) in [4.78, 5) is 7.09. The number of benzene rings is 2. The van der Waals surface area contributed by atoms with Gasteiger partial charge in [-0.05, 0) is 39.7 Å². The second kappa shape index (κ2) is 6.01. The van der Waals surface area contributed by atoms with E-state index in [-0.39, 0.29) is 5.75 Å². The summed E-state index contributed by atoms with van der Waals surface area (Å²) in [6.07, 6.45) is 3.46. The maximum absolute atomic E-state index is 9.95. The first-order valence-corrected chi connectivity index (χ1v) is 7.32. The number of H-pyrrole nitrogens is 1. The monoisotopic (exact) mass is 343 g/mol. The average molecular weight is 344 g/mol. The zero-order valence-electron chi connectivity index (χ0n) is 11.2. The van der Waals surface area contributed by atoms with Gasteiger partial charge >= 0.3 is 0 Å². The second-order valence-corrected chi connectivity index (χ2v) is 5.50. The third kappa shape index (κ3) is 3.08. The van der Waals surface area contributed by atoms with Crippen molar-refractivity contribution < 1.29 is 5.11 Å². The van der Waals surface area contributed by atoms with Gasteiger partial charge in [0.25, 0.3) is 0 Å². The van der Waals surface area contributed by atoms with Gasteiger partial charge in [0.15, 0.2) is 0 Å². The summed E-state index contributed by atoms with van der Waals surface area (Å²) in [5.41, 5.74) is 3.93. The quantitative estimate of drug-likeness (QED) is 0.666. The zero-order valence-corrected chi connectivity index (χ0v) is 12.8. The van der Waals surface area contributed by atoms with Crippen molar-refractivity contribution in [2.45, 2.75) is 6.54 Å². The Hall–Kier alpha value is -2.27. The lowest BCUT2D eigenvalue weighted by Gasteiger charge is -2.09. The predicted octanol–water partition coefficient (Wildman–Crippen LogP) is 4.16. The Morgan fingerprint density at radius 1 is 1.14 bits per heavy atom. The molecule has 3 aromatic rings. The number of nitrogens with zero attached hydrogens (tertiary/aromatic N) is 1. The first kappa shape index (κ1) is 13.7. The molecule has 0 saturated carbocycles. The number of hydrogen-bond acceptors (Lipinski definition) is 3. The smallest absolute Gasteiger partial charge is 0.134 e. The molecule has 1 aromatic heterocycles. The number of aromatic amines is 1. The largest absolute Gasteiger partial charge is 0.506 e. The fourth-order valence-corrected chi connectivity index (χ4v) is 2.49. The molecule has 106 valence electrons. The summed E-state index contributed by atoms with van der Waals surface area (Å²) < 4.78 is 0.705. The molecule has 0 spiro atoms. The first-order valence-electron chi connectivity index (χ1n) is 6.53. The fourth-order valence-electron chi connectivity index (χ4n) is 2.08. The molecule has 3 N–H and O–H groups in total. The molecule has 0 radical (unpaired) electrons. The molecule has 2 aromatic carbocycles. The van der Waals surface area contributed by atoms with E-state index in [1.807, 2.05) is 42.5 Å². The van der Waals surface area contributed by atoms with Gasteiger partial charge in [-0.15, -0.1) is 0 Å². The van der Waals surface area contributed by atoms with Gasteiger partial charge in [-0.3, -0.25) is 0 Å². The van der Waals surface area contributed by atoms with Gasteiger partial charge in [-0.2, -0.15) is 0 Å². The first-order chi connectivity index (χ1) is 10.2. The number of phenols is 1. The summed E-state index contributed by atoms with van der Waals surface area (Å²) in [6, 6.07) is 13.7. The summed E-state index contributed by atoms with van der Waals surface area (Å²) >= 11 is 3.32. The maximum atomic E-state index is 9.95. The number of hydrogen-bond donors (Lipinski definition) is 3. The van der Waals surface area contributed by atoms with Crippen molar-refractivity contribution in [2.75, 3.05) is 5.32 Å². The van der Waals surface area contributed by atoms with Crippen LogP contribution >= 0.6 is 15.9 Å². The number of rotatable bonds is 4. The molecule has 3 rings (SSSR count). The van der Waals surface area contributed by atoms with Crippen LogP contribution < -0.4 is 5.32 Å². The number of nitrogens with one attached hydrogen (secondary N) is 2. The minimum absolute atomic E-state index is 0.277. The molecule has 21 heavy (non-hydrogen) atoms. The molecular formula is C16H14BrN3O. The molecule has 0 fully saturated rings. The molecular weight excluding hydrogens is 330 g/mol. The van der Waals surface area contributed by atoms with E-state index in [4.69, 9.17) is 0 Å². The Bertz CT molecular complexity index is 724. The molecule has 0 unspecified atom stereocenters. The van der Waals surface area contributed by atoms with Crippen molar-refractivity contribution in [3.05, 3.63) is 65.0 Å². The number of aromatic nitrogens is 2. The Kier molecular flexibility index (Phi) is 3.92. The summed E-state index contributed by atoms with van der Waals surface area (Å²) in [5, 5.41) is 13.2. The van der Waals surface area contributed by atoms with Gasteiger partial charge in [0.2, 0.25) is 0 Å².